The summed E-state index contributed by atoms with van der Waals surface area (Å²) in [5.41, 5.74) is 6.85. The van der Waals surface area contributed by atoms with Gasteiger partial charge in [0.25, 0.3) is 5.56 Å². The molecule has 0 atom stereocenters. The molecule has 0 saturated heterocycles. The number of para-hydroxylation sites is 2. The minimum Gasteiger partial charge on any atom is -0.323 e. The van der Waals surface area contributed by atoms with Crippen LogP contribution >= 0.6 is 0 Å². The van der Waals surface area contributed by atoms with Crippen molar-refractivity contribution in [1.82, 2.24) is 15.0 Å². The predicted molar refractivity (Wildman–Crippen MR) is 96.6 cm³/mol. The van der Waals surface area contributed by atoms with Gasteiger partial charge in [0, 0.05) is 5.52 Å². The standard InChI is InChI=1S/C18H15N5O/c1-11-6-7-14-12(8-11)9-13(17(24)20-14)10-19-23-18-21-15-4-2-3-5-16(15)22-18/h2-10H,1H3,(H,20,24)(H2,21,22,23)/b19-10+. The average Bonchev–Trinajstić information content (AvgIpc) is 2.98. The largest absolute Gasteiger partial charge is 0.323 e. The van der Waals surface area contributed by atoms with Gasteiger partial charge in [-0.25, -0.2) is 10.4 Å². The van der Waals surface area contributed by atoms with E-state index in [1.54, 1.807) is 0 Å². The zero-order chi connectivity index (χ0) is 16.5. The van der Waals surface area contributed by atoms with Crippen LogP contribution in [0.3, 0.4) is 0 Å². The predicted octanol–water partition coefficient (Wildman–Crippen LogP) is 3.16. The van der Waals surface area contributed by atoms with Gasteiger partial charge in [-0.05, 0) is 42.6 Å². The Labute approximate surface area is 137 Å². The van der Waals surface area contributed by atoms with E-state index in [4.69, 9.17) is 0 Å². The number of nitrogens with one attached hydrogen (secondary N) is 3. The number of pyridine rings is 1. The molecule has 2 aromatic carbocycles. The molecule has 118 valence electrons. The molecule has 2 heterocycles. The van der Waals surface area contributed by atoms with E-state index in [2.05, 4.69) is 25.5 Å². The summed E-state index contributed by atoms with van der Waals surface area (Å²) in [5, 5.41) is 5.08. The molecule has 0 spiro atoms. The van der Waals surface area contributed by atoms with Crippen LogP contribution in [0.4, 0.5) is 5.95 Å². The van der Waals surface area contributed by atoms with Crippen molar-refractivity contribution in [3.63, 3.8) is 0 Å². The molecule has 0 fully saturated rings. The van der Waals surface area contributed by atoms with Gasteiger partial charge < -0.3 is 9.97 Å². The van der Waals surface area contributed by atoms with E-state index in [1.165, 1.54) is 6.21 Å². The molecule has 0 unspecified atom stereocenters. The Hall–Kier alpha value is -3.41. The number of fused-ring (bicyclic) bond motifs is 2. The number of hydrogen-bond donors (Lipinski definition) is 3. The van der Waals surface area contributed by atoms with Crippen LogP contribution in [0.1, 0.15) is 11.1 Å². The molecule has 0 aliphatic heterocycles. The van der Waals surface area contributed by atoms with Gasteiger partial charge in [-0.1, -0.05) is 23.8 Å². The Morgan fingerprint density at radius 3 is 2.83 bits per heavy atom. The number of aromatic amines is 2. The zero-order valence-corrected chi connectivity index (χ0v) is 13.0. The Kier molecular flexibility index (Phi) is 3.35. The highest BCUT2D eigenvalue weighted by molar-refractivity contribution is 5.88. The fourth-order valence-electron chi connectivity index (χ4n) is 2.61. The van der Waals surface area contributed by atoms with Gasteiger partial charge in [0.05, 0.1) is 22.8 Å². The molecule has 0 amide bonds. The van der Waals surface area contributed by atoms with Gasteiger partial charge in [-0.3, -0.25) is 4.79 Å². The summed E-state index contributed by atoms with van der Waals surface area (Å²) in [6.07, 6.45) is 1.49. The monoisotopic (exact) mass is 317 g/mol. The number of hydrazone groups is 1. The third-order valence-electron chi connectivity index (χ3n) is 3.79. The quantitative estimate of drug-likeness (QED) is 0.401. The summed E-state index contributed by atoms with van der Waals surface area (Å²) in [5.74, 6) is 0.528. The van der Waals surface area contributed by atoms with Crippen molar-refractivity contribution < 1.29 is 0 Å². The number of hydrogen-bond acceptors (Lipinski definition) is 4. The first-order valence-corrected chi connectivity index (χ1v) is 7.56. The number of aryl methyl sites for hydroxylation is 1. The van der Waals surface area contributed by atoms with Crippen molar-refractivity contribution in [2.45, 2.75) is 6.92 Å². The summed E-state index contributed by atoms with van der Waals surface area (Å²) in [4.78, 5) is 22.4. The van der Waals surface area contributed by atoms with E-state index >= 15 is 0 Å². The minimum absolute atomic E-state index is 0.179. The van der Waals surface area contributed by atoms with E-state index in [0.717, 1.165) is 27.5 Å². The Bertz CT molecular complexity index is 1090. The first kappa shape index (κ1) is 14.2. The van der Waals surface area contributed by atoms with E-state index < -0.39 is 0 Å². The SMILES string of the molecule is Cc1ccc2[nH]c(=O)c(/C=N/Nc3nc4ccccc4[nH]3)cc2c1. The summed E-state index contributed by atoms with van der Waals surface area (Å²) in [6, 6.07) is 15.4. The first-order chi connectivity index (χ1) is 11.7. The van der Waals surface area contributed by atoms with Crippen LogP contribution in [0, 0.1) is 6.92 Å². The minimum atomic E-state index is -0.179. The van der Waals surface area contributed by atoms with Gasteiger partial charge in [-0.15, -0.1) is 0 Å². The number of imidazole rings is 1. The summed E-state index contributed by atoms with van der Waals surface area (Å²) < 4.78 is 0. The Balaban J connectivity index is 1.62. The molecular weight excluding hydrogens is 302 g/mol. The second kappa shape index (κ2) is 5.66. The lowest BCUT2D eigenvalue weighted by molar-refractivity contribution is 1.21. The molecule has 3 N–H and O–H groups in total. The van der Waals surface area contributed by atoms with Crippen molar-refractivity contribution >= 4 is 34.1 Å². The Morgan fingerprint density at radius 2 is 1.96 bits per heavy atom. The van der Waals surface area contributed by atoms with Gasteiger partial charge in [0.1, 0.15) is 0 Å². The van der Waals surface area contributed by atoms with E-state index in [-0.39, 0.29) is 5.56 Å². The molecule has 0 saturated carbocycles. The van der Waals surface area contributed by atoms with Gasteiger partial charge in [0.2, 0.25) is 5.95 Å². The van der Waals surface area contributed by atoms with Crippen LogP contribution in [-0.2, 0) is 0 Å². The van der Waals surface area contributed by atoms with Crippen LogP contribution < -0.4 is 11.0 Å². The highest BCUT2D eigenvalue weighted by Crippen LogP contribution is 2.14. The average molecular weight is 317 g/mol. The van der Waals surface area contributed by atoms with Crippen molar-refractivity contribution in [3.05, 3.63) is 70.0 Å². The van der Waals surface area contributed by atoms with Crippen molar-refractivity contribution in [1.29, 1.82) is 0 Å². The molecule has 4 aromatic rings. The van der Waals surface area contributed by atoms with Crippen molar-refractivity contribution in [2.24, 2.45) is 5.10 Å². The maximum atomic E-state index is 12.1. The number of benzene rings is 2. The summed E-state index contributed by atoms with van der Waals surface area (Å²) >= 11 is 0. The molecule has 4 rings (SSSR count). The molecule has 0 radical (unpaired) electrons. The lowest BCUT2D eigenvalue weighted by Crippen LogP contribution is -2.12. The maximum Gasteiger partial charge on any atom is 0.257 e. The van der Waals surface area contributed by atoms with Crippen LogP contribution in [0.5, 0.6) is 0 Å². The second-order valence-corrected chi connectivity index (χ2v) is 5.62. The highest BCUT2D eigenvalue weighted by Gasteiger charge is 2.02. The molecule has 0 aliphatic carbocycles. The third kappa shape index (κ3) is 2.65. The van der Waals surface area contributed by atoms with Gasteiger partial charge >= 0.3 is 0 Å². The fourth-order valence-corrected chi connectivity index (χ4v) is 2.61. The van der Waals surface area contributed by atoms with Crippen LogP contribution in [-0.4, -0.2) is 21.2 Å². The molecular formula is C18H15N5O. The molecule has 0 aliphatic rings. The van der Waals surface area contributed by atoms with Crippen LogP contribution in [0.2, 0.25) is 0 Å². The van der Waals surface area contributed by atoms with Gasteiger partial charge in [0.15, 0.2) is 0 Å². The van der Waals surface area contributed by atoms with Gasteiger partial charge in [-0.2, -0.15) is 5.10 Å². The molecule has 6 nitrogen and oxygen atoms in total. The molecule has 6 heteroatoms. The third-order valence-corrected chi connectivity index (χ3v) is 3.79. The summed E-state index contributed by atoms with van der Waals surface area (Å²) in [6.45, 7) is 2.02. The fraction of sp³-hybridized carbons (Fsp3) is 0.0556. The van der Waals surface area contributed by atoms with E-state index in [1.807, 2.05) is 55.5 Å². The number of nitrogens with zero attached hydrogens (tertiary/aromatic N) is 2. The zero-order valence-electron chi connectivity index (χ0n) is 13.0. The number of H-pyrrole nitrogens is 2. The van der Waals surface area contributed by atoms with Crippen LogP contribution in [0.15, 0.2) is 58.4 Å². The smallest absolute Gasteiger partial charge is 0.257 e. The van der Waals surface area contributed by atoms with Crippen molar-refractivity contribution in [3.8, 4) is 0 Å². The number of anilines is 1. The molecule has 0 bridgehead atoms. The lowest BCUT2D eigenvalue weighted by atomic mass is 10.1. The number of rotatable bonds is 3. The maximum absolute atomic E-state index is 12.1. The molecule has 2 aromatic heterocycles. The first-order valence-electron chi connectivity index (χ1n) is 7.56. The van der Waals surface area contributed by atoms with E-state index in [9.17, 15) is 4.79 Å². The van der Waals surface area contributed by atoms with Crippen molar-refractivity contribution in [2.75, 3.05) is 5.43 Å². The Morgan fingerprint density at radius 1 is 1.08 bits per heavy atom. The second-order valence-electron chi connectivity index (χ2n) is 5.62. The lowest BCUT2D eigenvalue weighted by Gasteiger charge is -2.01. The van der Waals surface area contributed by atoms with Crippen LogP contribution in [0.25, 0.3) is 21.9 Å². The number of aromatic nitrogens is 3. The highest BCUT2D eigenvalue weighted by atomic mass is 16.1. The normalized spacial score (nSPS) is 11.5. The molecule has 24 heavy (non-hydrogen) atoms. The topological polar surface area (TPSA) is 85.9 Å². The van der Waals surface area contributed by atoms with E-state index in [0.29, 0.717) is 11.5 Å². The summed E-state index contributed by atoms with van der Waals surface area (Å²) in [7, 11) is 0.